The number of nitrogens with zero attached hydrogens (tertiary/aromatic N) is 1. The molecule has 1 rings (SSSR count). The molecule has 0 fully saturated rings. The van der Waals surface area contributed by atoms with Crippen LogP contribution in [-0.2, 0) is 4.79 Å². The van der Waals surface area contributed by atoms with Gasteiger partial charge in [0.25, 0.3) is 5.91 Å². The fourth-order valence-electron chi connectivity index (χ4n) is 1.30. The van der Waals surface area contributed by atoms with Crippen molar-refractivity contribution in [2.45, 2.75) is 13.0 Å². The lowest BCUT2D eigenvalue weighted by Crippen LogP contribution is -2.42. The summed E-state index contributed by atoms with van der Waals surface area (Å²) in [6.45, 7) is 1.45. The third kappa shape index (κ3) is 4.20. The quantitative estimate of drug-likeness (QED) is 0.822. The molecule has 1 aromatic carbocycles. The second kappa shape index (κ2) is 6.26. The van der Waals surface area contributed by atoms with Crippen LogP contribution in [0.15, 0.2) is 18.2 Å². The molecule has 0 aliphatic heterocycles. The van der Waals surface area contributed by atoms with Gasteiger partial charge in [0.1, 0.15) is 11.5 Å². The van der Waals surface area contributed by atoms with Crippen molar-refractivity contribution in [2.24, 2.45) is 5.73 Å². The second-order valence-corrected chi connectivity index (χ2v) is 3.62. The Kier molecular flexibility index (Phi) is 4.71. The van der Waals surface area contributed by atoms with Gasteiger partial charge < -0.3 is 15.2 Å². The van der Waals surface area contributed by atoms with Crippen LogP contribution in [0.1, 0.15) is 12.5 Å². The van der Waals surface area contributed by atoms with Gasteiger partial charge in [-0.3, -0.25) is 10.1 Å². The van der Waals surface area contributed by atoms with E-state index in [1.807, 2.05) is 11.4 Å². The van der Waals surface area contributed by atoms with E-state index in [9.17, 15) is 9.59 Å². The van der Waals surface area contributed by atoms with E-state index in [0.717, 1.165) is 0 Å². The van der Waals surface area contributed by atoms with Crippen molar-refractivity contribution < 1.29 is 19.1 Å². The van der Waals surface area contributed by atoms with Crippen molar-refractivity contribution in [3.05, 3.63) is 23.8 Å². The summed E-state index contributed by atoms with van der Waals surface area (Å²) < 4.78 is 10.3. The highest BCUT2D eigenvalue weighted by atomic mass is 16.5. The van der Waals surface area contributed by atoms with Crippen molar-refractivity contribution in [2.75, 3.05) is 7.11 Å². The smallest absolute Gasteiger partial charge is 0.318 e. The molecule has 0 saturated heterocycles. The van der Waals surface area contributed by atoms with Crippen LogP contribution in [0.4, 0.5) is 4.79 Å². The molecule has 0 aliphatic carbocycles. The summed E-state index contributed by atoms with van der Waals surface area (Å²) in [6, 6.07) is 5.49. The lowest BCUT2D eigenvalue weighted by Gasteiger charge is -2.14. The van der Waals surface area contributed by atoms with Crippen LogP contribution >= 0.6 is 0 Å². The topological polar surface area (TPSA) is 114 Å². The number of carbonyl (C=O) groups is 2. The highest BCUT2D eigenvalue weighted by molar-refractivity contribution is 5.95. The predicted molar refractivity (Wildman–Crippen MR) is 65.5 cm³/mol. The number of ether oxygens (including phenoxy) is 2. The molecular weight excluding hydrogens is 250 g/mol. The number of hydrogen-bond acceptors (Lipinski definition) is 5. The van der Waals surface area contributed by atoms with Gasteiger partial charge in [0.2, 0.25) is 0 Å². The van der Waals surface area contributed by atoms with Crippen LogP contribution in [0.3, 0.4) is 0 Å². The lowest BCUT2D eigenvalue weighted by atomic mass is 10.2. The molecule has 3 amide bonds. The van der Waals surface area contributed by atoms with E-state index >= 15 is 0 Å². The molecular formula is C12H13N3O4. The Balaban J connectivity index is 2.84. The number of nitrogens with one attached hydrogen (secondary N) is 1. The van der Waals surface area contributed by atoms with Crippen LogP contribution in [0, 0.1) is 11.3 Å². The summed E-state index contributed by atoms with van der Waals surface area (Å²) in [6.07, 6.45) is -0.939. The van der Waals surface area contributed by atoms with Gasteiger partial charge in [-0.1, -0.05) is 0 Å². The number of amides is 3. The molecule has 7 heteroatoms. The molecule has 1 unspecified atom stereocenters. The maximum Gasteiger partial charge on any atom is 0.318 e. The largest absolute Gasteiger partial charge is 0.497 e. The number of hydrogen-bond donors (Lipinski definition) is 2. The van der Waals surface area contributed by atoms with Gasteiger partial charge in [-0.25, -0.2) is 4.79 Å². The first kappa shape index (κ1) is 14.3. The molecule has 1 atom stereocenters. The summed E-state index contributed by atoms with van der Waals surface area (Å²) in [4.78, 5) is 22.0. The Hall–Kier alpha value is -2.75. The Bertz CT molecular complexity index is 536. The van der Waals surface area contributed by atoms with Gasteiger partial charge in [0, 0.05) is 6.07 Å². The molecule has 0 heterocycles. The highest BCUT2D eigenvalue weighted by Crippen LogP contribution is 2.23. The number of imide groups is 1. The Morgan fingerprint density at radius 3 is 2.53 bits per heavy atom. The Morgan fingerprint density at radius 1 is 1.37 bits per heavy atom. The molecule has 19 heavy (non-hydrogen) atoms. The minimum Gasteiger partial charge on any atom is -0.497 e. The number of rotatable bonds is 4. The van der Waals surface area contributed by atoms with E-state index in [1.165, 1.54) is 32.2 Å². The summed E-state index contributed by atoms with van der Waals surface area (Å²) >= 11 is 0. The maximum atomic E-state index is 11.4. The van der Waals surface area contributed by atoms with E-state index in [-0.39, 0.29) is 5.75 Å². The van der Waals surface area contributed by atoms with Gasteiger partial charge in [0.15, 0.2) is 6.10 Å². The first-order valence-corrected chi connectivity index (χ1v) is 5.32. The average Bonchev–Trinajstić information content (AvgIpc) is 2.37. The number of urea groups is 1. The SMILES string of the molecule is COc1cc(C#N)cc(OC(C)C(=O)NC(N)=O)c1. The van der Waals surface area contributed by atoms with Crippen molar-refractivity contribution in [3.8, 4) is 17.6 Å². The Labute approximate surface area is 109 Å². The summed E-state index contributed by atoms with van der Waals surface area (Å²) in [5, 5.41) is 10.7. The molecule has 3 N–H and O–H groups in total. The standard InChI is InChI=1S/C12H13N3O4/c1-7(11(16)15-12(14)17)19-10-4-8(6-13)3-9(5-10)18-2/h3-5,7H,1-2H3,(H3,14,15,16,17). The van der Waals surface area contributed by atoms with Gasteiger partial charge in [0.05, 0.1) is 18.7 Å². The monoisotopic (exact) mass is 263 g/mol. The lowest BCUT2D eigenvalue weighted by molar-refractivity contribution is -0.126. The molecule has 0 saturated carbocycles. The zero-order chi connectivity index (χ0) is 14.4. The molecule has 100 valence electrons. The molecule has 0 aromatic heterocycles. The van der Waals surface area contributed by atoms with E-state index in [0.29, 0.717) is 11.3 Å². The molecule has 0 aliphatic rings. The second-order valence-electron chi connectivity index (χ2n) is 3.62. The number of nitriles is 1. The maximum absolute atomic E-state index is 11.4. The van der Waals surface area contributed by atoms with E-state index in [4.69, 9.17) is 20.5 Å². The van der Waals surface area contributed by atoms with Crippen molar-refractivity contribution in [3.63, 3.8) is 0 Å². The molecule has 0 radical (unpaired) electrons. The van der Waals surface area contributed by atoms with Crippen LogP contribution < -0.4 is 20.5 Å². The zero-order valence-corrected chi connectivity index (χ0v) is 10.5. The number of nitrogens with two attached hydrogens (primary N) is 1. The predicted octanol–water partition coefficient (Wildman–Crippen LogP) is 0.529. The first-order chi connectivity index (χ1) is 8.96. The van der Waals surface area contributed by atoms with E-state index in [1.54, 1.807) is 0 Å². The van der Waals surface area contributed by atoms with Crippen molar-refractivity contribution in [1.82, 2.24) is 5.32 Å². The molecule has 7 nitrogen and oxygen atoms in total. The summed E-state index contributed by atoms with van der Waals surface area (Å²) in [5.74, 6) is 0.0356. The third-order valence-corrected chi connectivity index (χ3v) is 2.17. The minimum atomic E-state index is -0.955. The molecule has 0 spiro atoms. The van der Waals surface area contributed by atoms with E-state index in [2.05, 4.69) is 0 Å². The molecule has 0 bridgehead atoms. The number of primary amides is 1. The third-order valence-electron chi connectivity index (χ3n) is 2.17. The van der Waals surface area contributed by atoms with Gasteiger partial charge in [-0.15, -0.1) is 0 Å². The number of methoxy groups -OCH3 is 1. The zero-order valence-electron chi connectivity index (χ0n) is 10.5. The number of benzene rings is 1. The first-order valence-electron chi connectivity index (χ1n) is 5.32. The summed E-state index contributed by atoms with van der Waals surface area (Å²) in [5.41, 5.74) is 5.16. The van der Waals surface area contributed by atoms with Crippen LogP contribution in [0.2, 0.25) is 0 Å². The van der Waals surface area contributed by atoms with Gasteiger partial charge in [-0.05, 0) is 19.1 Å². The fraction of sp³-hybridized carbons (Fsp3) is 0.250. The van der Waals surface area contributed by atoms with E-state index < -0.39 is 18.0 Å². The minimum absolute atomic E-state index is 0.281. The van der Waals surface area contributed by atoms with Crippen LogP contribution in [-0.4, -0.2) is 25.2 Å². The fourth-order valence-corrected chi connectivity index (χ4v) is 1.30. The van der Waals surface area contributed by atoms with Crippen molar-refractivity contribution >= 4 is 11.9 Å². The summed E-state index contributed by atoms with van der Waals surface area (Å²) in [7, 11) is 1.45. The highest BCUT2D eigenvalue weighted by Gasteiger charge is 2.16. The van der Waals surface area contributed by atoms with Crippen LogP contribution in [0.25, 0.3) is 0 Å². The number of carbonyl (C=O) groups excluding carboxylic acids is 2. The normalized spacial score (nSPS) is 11.0. The average molecular weight is 263 g/mol. The van der Waals surface area contributed by atoms with Gasteiger partial charge in [-0.2, -0.15) is 5.26 Å². The van der Waals surface area contributed by atoms with Crippen LogP contribution in [0.5, 0.6) is 11.5 Å². The van der Waals surface area contributed by atoms with Crippen molar-refractivity contribution in [1.29, 1.82) is 5.26 Å². The Morgan fingerprint density at radius 2 is 2.00 bits per heavy atom. The molecule has 1 aromatic rings. The van der Waals surface area contributed by atoms with Gasteiger partial charge >= 0.3 is 6.03 Å².